The third kappa shape index (κ3) is 3.07. The first kappa shape index (κ1) is 17.4. The Hall–Kier alpha value is -3.47. The highest BCUT2D eigenvalue weighted by atomic mass is 32.2. The summed E-state index contributed by atoms with van der Waals surface area (Å²) < 4.78 is 0. The molecule has 0 unspecified atom stereocenters. The predicted molar refractivity (Wildman–Crippen MR) is 96.4 cm³/mol. The molecular formula is C16H8N6O2S2. The number of thiophene rings is 1. The van der Waals surface area contributed by atoms with Crippen LogP contribution in [0.25, 0.3) is 10.4 Å². The van der Waals surface area contributed by atoms with E-state index in [9.17, 15) is 20.6 Å². The molecule has 8 nitrogen and oxygen atoms in total. The Morgan fingerprint density at radius 2 is 1.96 bits per heavy atom. The molecule has 26 heavy (non-hydrogen) atoms. The van der Waals surface area contributed by atoms with Crippen molar-refractivity contribution < 1.29 is 4.92 Å². The van der Waals surface area contributed by atoms with Gasteiger partial charge in [0.1, 0.15) is 28.5 Å². The van der Waals surface area contributed by atoms with Crippen molar-refractivity contribution in [3.63, 3.8) is 0 Å². The largest absolute Gasteiger partial charge is 0.383 e. The summed E-state index contributed by atoms with van der Waals surface area (Å²) in [4.78, 5) is 19.4. The van der Waals surface area contributed by atoms with Crippen LogP contribution in [0, 0.1) is 32.8 Å². The summed E-state index contributed by atoms with van der Waals surface area (Å²) in [5.74, 6) is -0.0454. The highest BCUT2D eigenvalue weighted by Crippen LogP contribution is 2.40. The molecule has 3 rings (SSSR count). The monoisotopic (exact) mass is 380 g/mol. The molecule has 0 saturated heterocycles. The summed E-state index contributed by atoms with van der Waals surface area (Å²) in [6, 6.07) is 10.3. The number of nitrogen functional groups attached to an aromatic ring is 1. The van der Waals surface area contributed by atoms with Crippen molar-refractivity contribution in [3.8, 4) is 22.6 Å². The zero-order valence-electron chi connectivity index (χ0n) is 12.9. The molecule has 0 aliphatic rings. The molecular weight excluding hydrogens is 372 g/mol. The Balaban J connectivity index is 2.23. The van der Waals surface area contributed by atoms with Crippen molar-refractivity contribution in [3.05, 3.63) is 57.1 Å². The van der Waals surface area contributed by atoms with Crippen molar-refractivity contribution in [2.45, 2.75) is 10.1 Å². The van der Waals surface area contributed by atoms with E-state index in [4.69, 9.17) is 5.73 Å². The first-order valence-corrected chi connectivity index (χ1v) is 8.71. The number of anilines is 1. The summed E-state index contributed by atoms with van der Waals surface area (Å²) in [5, 5.41) is 32.3. The van der Waals surface area contributed by atoms with Gasteiger partial charge in [-0.15, -0.1) is 11.3 Å². The topological polar surface area (TPSA) is 143 Å². The van der Waals surface area contributed by atoms with Crippen molar-refractivity contribution in [2.75, 3.05) is 5.73 Å². The van der Waals surface area contributed by atoms with Crippen LogP contribution in [0.3, 0.4) is 0 Å². The molecule has 2 N–H and O–H groups in total. The van der Waals surface area contributed by atoms with E-state index in [1.807, 2.05) is 17.5 Å². The molecule has 0 aliphatic carbocycles. The lowest BCUT2D eigenvalue weighted by atomic mass is 10.0. The fourth-order valence-electron chi connectivity index (χ4n) is 2.23. The Morgan fingerprint density at radius 1 is 1.19 bits per heavy atom. The van der Waals surface area contributed by atoms with Gasteiger partial charge >= 0.3 is 5.69 Å². The van der Waals surface area contributed by atoms with Gasteiger partial charge in [-0.2, -0.15) is 10.5 Å². The summed E-state index contributed by atoms with van der Waals surface area (Å²) in [5.41, 5.74) is 6.31. The number of aromatic nitrogens is 2. The predicted octanol–water partition coefficient (Wildman–Crippen LogP) is 3.59. The van der Waals surface area contributed by atoms with Crippen LogP contribution < -0.4 is 5.73 Å². The van der Waals surface area contributed by atoms with Gasteiger partial charge in [-0.25, -0.2) is 9.97 Å². The van der Waals surface area contributed by atoms with E-state index in [0.717, 1.165) is 11.8 Å². The fraction of sp³-hybridized carbons (Fsp3) is 0. The highest BCUT2D eigenvalue weighted by molar-refractivity contribution is 7.99. The molecule has 0 amide bonds. The molecule has 0 fully saturated rings. The van der Waals surface area contributed by atoms with E-state index < -0.39 is 4.92 Å². The number of pyridine rings is 2. The lowest BCUT2D eigenvalue weighted by Gasteiger charge is -2.11. The van der Waals surface area contributed by atoms with Crippen LogP contribution in [0.2, 0.25) is 0 Å². The van der Waals surface area contributed by atoms with E-state index in [0.29, 0.717) is 10.4 Å². The first-order chi connectivity index (χ1) is 12.6. The molecule has 0 spiro atoms. The summed E-state index contributed by atoms with van der Waals surface area (Å²) in [6.07, 6.45) is 1.41. The van der Waals surface area contributed by atoms with Gasteiger partial charge in [0, 0.05) is 22.7 Å². The molecule has 0 atom stereocenters. The minimum atomic E-state index is -0.561. The molecule has 3 aromatic rings. The van der Waals surface area contributed by atoms with Gasteiger partial charge < -0.3 is 5.73 Å². The van der Waals surface area contributed by atoms with Gasteiger partial charge in [-0.05, 0) is 29.3 Å². The average Bonchev–Trinajstić information content (AvgIpc) is 3.15. The van der Waals surface area contributed by atoms with Gasteiger partial charge in [-0.3, -0.25) is 10.1 Å². The Bertz CT molecular complexity index is 1080. The zero-order chi connectivity index (χ0) is 18.7. The number of nitriles is 2. The quantitative estimate of drug-likeness (QED) is 0.534. The molecule has 0 bridgehead atoms. The first-order valence-electron chi connectivity index (χ1n) is 7.01. The number of hydrogen-bond acceptors (Lipinski definition) is 9. The van der Waals surface area contributed by atoms with Crippen molar-refractivity contribution in [2.24, 2.45) is 0 Å². The van der Waals surface area contributed by atoms with E-state index in [2.05, 4.69) is 9.97 Å². The molecule has 0 saturated carbocycles. The minimum Gasteiger partial charge on any atom is -0.383 e. The second-order valence-electron chi connectivity index (χ2n) is 4.81. The number of rotatable bonds is 4. The number of nitrogens with zero attached hydrogens (tertiary/aromatic N) is 5. The van der Waals surface area contributed by atoms with Crippen LogP contribution >= 0.6 is 23.1 Å². The second kappa shape index (κ2) is 7.19. The molecule has 3 heterocycles. The van der Waals surface area contributed by atoms with E-state index in [1.165, 1.54) is 29.7 Å². The maximum Gasteiger partial charge on any atom is 0.301 e. The summed E-state index contributed by atoms with van der Waals surface area (Å²) in [6.45, 7) is 0. The van der Waals surface area contributed by atoms with Crippen molar-refractivity contribution >= 4 is 34.6 Å². The van der Waals surface area contributed by atoms with Crippen LogP contribution in [0.4, 0.5) is 11.5 Å². The van der Waals surface area contributed by atoms with E-state index >= 15 is 0 Å². The fourth-order valence-corrected chi connectivity index (χ4v) is 3.95. The zero-order valence-corrected chi connectivity index (χ0v) is 14.5. The van der Waals surface area contributed by atoms with Crippen LogP contribution in [0.5, 0.6) is 0 Å². The SMILES string of the molecule is N#Cc1c(N)nc(Sc2ncccc2[N+](=O)[O-])c(C#N)c1-c1cccs1. The summed E-state index contributed by atoms with van der Waals surface area (Å²) >= 11 is 2.22. The molecule has 3 aromatic heterocycles. The maximum atomic E-state index is 11.2. The number of hydrogen-bond donors (Lipinski definition) is 1. The molecule has 0 aliphatic heterocycles. The lowest BCUT2D eigenvalue weighted by molar-refractivity contribution is -0.388. The van der Waals surface area contributed by atoms with Crippen LogP contribution in [0.15, 0.2) is 45.9 Å². The molecule has 126 valence electrons. The molecule has 0 radical (unpaired) electrons. The second-order valence-corrected chi connectivity index (χ2v) is 6.74. The van der Waals surface area contributed by atoms with Crippen LogP contribution in [-0.2, 0) is 0 Å². The average molecular weight is 380 g/mol. The Labute approximate surface area is 155 Å². The third-order valence-electron chi connectivity index (χ3n) is 3.32. The maximum absolute atomic E-state index is 11.2. The standard InChI is InChI=1S/C16H8N6O2S2/c17-7-9-13(12-4-2-6-25-12)10(8-18)15(21-14(9)19)26-16-11(22(23)24)3-1-5-20-16/h1-6H,(H2,19,21). The highest BCUT2D eigenvalue weighted by Gasteiger charge is 2.24. The summed E-state index contributed by atoms with van der Waals surface area (Å²) in [7, 11) is 0. The van der Waals surface area contributed by atoms with Crippen LogP contribution in [0.1, 0.15) is 11.1 Å². The van der Waals surface area contributed by atoms with Gasteiger partial charge in [0.15, 0.2) is 5.03 Å². The van der Waals surface area contributed by atoms with Crippen LogP contribution in [-0.4, -0.2) is 14.9 Å². The van der Waals surface area contributed by atoms with Gasteiger partial charge in [0.25, 0.3) is 0 Å². The van der Waals surface area contributed by atoms with Gasteiger partial charge in [0.05, 0.1) is 10.5 Å². The van der Waals surface area contributed by atoms with Crippen molar-refractivity contribution in [1.82, 2.24) is 9.97 Å². The number of nitrogens with two attached hydrogens (primary N) is 1. The Kier molecular flexibility index (Phi) is 4.80. The van der Waals surface area contributed by atoms with E-state index in [-0.39, 0.29) is 32.7 Å². The van der Waals surface area contributed by atoms with Gasteiger partial charge in [0.2, 0.25) is 0 Å². The van der Waals surface area contributed by atoms with Gasteiger partial charge in [-0.1, -0.05) is 6.07 Å². The normalized spacial score (nSPS) is 10.1. The minimum absolute atomic E-state index is 0.0454. The Morgan fingerprint density at radius 3 is 2.58 bits per heavy atom. The van der Waals surface area contributed by atoms with E-state index in [1.54, 1.807) is 12.1 Å². The van der Waals surface area contributed by atoms with Crippen molar-refractivity contribution in [1.29, 1.82) is 10.5 Å². The third-order valence-corrected chi connectivity index (χ3v) is 5.21. The number of nitro groups is 1. The lowest BCUT2D eigenvalue weighted by Crippen LogP contribution is -2.03. The molecule has 10 heteroatoms. The smallest absolute Gasteiger partial charge is 0.301 e. The molecule has 0 aromatic carbocycles.